The van der Waals surface area contributed by atoms with Crippen LogP contribution < -0.4 is 10.2 Å². The minimum atomic E-state index is -0.255. The van der Waals surface area contributed by atoms with Gasteiger partial charge in [0.1, 0.15) is 0 Å². The van der Waals surface area contributed by atoms with Gasteiger partial charge < -0.3 is 10.2 Å². The maximum absolute atomic E-state index is 12.1. The highest BCUT2D eigenvalue weighted by Gasteiger charge is 2.34. The smallest absolute Gasteiger partial charge is 0.227 e. The number of rotatable bonds is 7. The summed E-state index contributed by atoms with van der Waals surface area (Å²) in [4.78, 5) is 25.9. The molecule has 0 radical (unpaired) electrons. The summed E-state index contributed by atoms with van der Waals surface area (Å²) in [6, 6.07) is 7.13. The molecule has 4 nitrogen and oxygen atoms in total. The second-order valence-electron chi connectivity index (χ2n) is 5.73. The molecular formula is C17H23ClN2O2. The largest absolute Gasteiger partial charge is 0.356 e. The lowest BCUT2D eigenvalue weighted by molar-refractivity contribution is -0.126. The van der Waals surface area contributed by atoms with Gasteiger partial charge in [-0.05, 0) is 30.7 Å². The minimum absolute atomic E-state index is 0.00606. The first-order valence-corrected chi connectivity index (χ1v) is 8.33. The lowest BCUT2D eigenvalue weighted by Crippen LogP contribution is -2.33. The molecule has 1 aromatic carbocycles. The molecule has 1 atom stereocenters. The monoisotopic (exact) mass is 322 g/mol. The van der Waals surface area contributed by atoms with E-state index in [4.69, 9.17) is 11.6 Å². The maximum Gasteiger partial charge on any atom is 0.227 e. The number of hydrogen-bond donors (Lipinski definition) is 1. The van der Waals surface area contributed by atoms with Crippen LogP contribution in [0, 0.1) is 5.92 Å². The third kappa shape index (κ3) is 4.47. The molecule has 0 aliphatic carbocycles. The summed E-state index contributed by atoms with van der Waals surface area (Å²) in [6.07, 6.45) is 4.80. The van der Waals surface area contributed by atoms with Gasteiger partial charge in [-0.2, -0.15) is 0 Å². The predicted octanol–water partition coefficient (Wildman–Crippen LogP) is 3.39. The van der Waals surface area contributed by atoms with Crippen LogP contribution in [0.1, 0.15) is 39.0 Å². The molecule has 1 saturated heterocycles. The average Bonchev–Trinajstić information content (AvgIpc) is 2.90. The van der Waals surface area contributed by atoms with E-state index in [-0.39, 0.29) is 24.2 Å². The predicted molar refractivity (Wildman–Crippen MR) is 89.1 cm³/mol. The van der Waals surface area contributed by atoms with Crippen molar-refractivity contribution in [2.75, 3.05) is 18.0 Å². The second kappa shape index (κ2) is 8.18. The number of unbranched alkanes of at least 4 members (excludes halogenated alkanes) is 3. The van der Waals surface area contributed by atoms with Crippen LogP contribution in [0.3, 0.4) is 0 Å². The lowest BCUT2D eigenvalue weighted by atomic mass is 10.1. The number of halogens is 1. The van der Waals surface area contributed by atoms with Crippen molar-refractivity contribution in [3.63, 3.8) is 0 Å². The standard InChI is InChI=1S/C17H23ClN2O2/c1-2-3-4-5-10-19-17(22)13-11-16(21)20(12-13)15-8-6-14(18)7-9-15/h6-9,13H,2-5,10-12H2,1H3,(H,19,22). The number of hydrogen-bond acceptors (Lipinski definition) is 2. The SMILES string of the molecule is CCCCCCNC(=O)C1CC(=O)N(c2ccc(Cl)cc2)C1. The topological polar surface area (TPSA) is 49.4 Å². The molecule has 0 bridgehead atoms. The van der Waals surface area contributed by atoms with Gasteiger partial charge in [0, 0.05) is 30.2 Å². The molecule has 1 fully saturated rings. The molecule has 1 aliphatic rings. The molecule has 0 saturated carbocycles. The Hall–Kier alpha value is -1.55. The summed E-state index contributed by atoms with van der Waals surface area (Å²) in [6.45, 7) is 3.31. The number of amides is 2. The molecule has 2 rings (SSSR count). The van der Waals surface area contributed by atoms with E-state index < -0.39 is 0 Å². The summed E-state index contributed by atoms with van der Waals surface area (Å²) >= 11 is 5.86. The van der Waals surface area contributed by atoms with Crippen molar-refractivity contribution in [3.8, 4) is 0 Å². The lowest BCUT2D eigenvalue weighted by Gasteiger charge is -2.16. The Morgan fingerprint density at radius 3 is 2.68 bits per heavy atom. The number of benzene rings is 1. The number of carbonyl (C=O) groups excluding carboxylic acids is 2. The fourth-order valence-electron chi connectivity index (χ4n) is 2.66. The van der Waals surface area contributed by atoms with Crippen molar-refractivity contribution >= 4 is 29.1 Å². The van der Waals surface area contributed by atoms with Crippen molar-refractivity contribution in [1.82, 2.24) is 5.32 Å². The maximum atomic E-state index is 12.1. The highest BCUT2D eigenvalue weighted by Crippen LogP contribution is 2.26. The van der Waals surface area contributed by atoms with Crippen LogP contribution in [-0.4, -0.2) is 24.9 Å². The van der Waals surface area contributed by atoms with Gasteiger partial charge in [-0.3, -0.25) is 9.59 Å². The number of carbonyl (C=O) groups is 2. The molecule has 5 heteroatoms. The summed E-state index contributed by atoms with van der Waals surface area (Å²) < 4.78 is 0. The molecular weight excluding hydrogens is 300 g/mol. The van der Waals surface area contributed by atoms with Crippen molar-refractivity contribution < 1.29 is 9.59 Å². The summed E-state index contributed by atoms with van der Waals surface area (Å²) in [5, 5.41) is 3.58. The van der Waals surface area contributed by atoms with Gasteiger partial charge in [0.15, 0.2) is 0 Å². The van der Waals surface area contributed by atoms with E-state index in [1.807, 2.05) is 12.1 Å². The van der Waals surface area contributed by atoms with E-state index in [9.17, 15) is 9.59 Å². The molecule has 1 aliphatic heterocycles. The molecule has 22 heavy (non-hydrogen) atoms. The van der Waals surface area contributed by atoms with Crippen LogP contribution >= 0.6 is 11.6 Å². The Bertz CT molecular complexity index is 516. The molecule has 0 spiro atoms. The van der Waals surface area contributed by atoms with Crippen molar-refractivity contribution in [1.29, 1.82) is 0 Å². The van der Waals surface area contributed by atoms with Gasteiger partial charge in [-0.25, -0.2) is 0 Å². The van der Waals surface area contributed by atoms with Gasteiger partial charge >= 0.3 is 0 Å². The number of anilines is 1. The average molecular weight is 323 g/mol. The van der Waals surface area contributed by atoms with E-state index in [0.29, 0.717) is 18.1 Å². The minimum Gasteiger partial charge on any atom is -0.356 e. The zero-order valence-electron chi connectivity index (χ0n) is 13.0. The Balaban J connectivity index is 1.83. The first kappa shape index (κ1) is 16.8. The molecule has 1 unspecified atom stereocenters. The van der Waals surface area contributed by atoms with Crippen LogP contribution in [-0.2, 0) is 9.59 Å². The molecule has 1 N–H and O–H groups in total. The zero-order valence-corrected chi connectivity index (χ0v) is 13.7. The fourth-order valence-corrected chi connectivity index (χ4v) is 2.79. The van der Waals surface area contributed by atoms with Crippen molar-refractivity contribution in [2.24, 2.45) is 5.92 Å². The highest BCUT2D eigenvalue weighted by molar-refractivity contribution is 6.30. The Morgan fingerprint density at radius 2 is 2.00 bits per heavy atom. The van der Waals surface area contributed by atoms with Crippen molar-refractivity contribution in [3.05, 3.63) is 29.3 Å². The summed E-state index contributed by atoms with van der Waals surface area (Å²) in [5.41, 5.74) is 0.799. The first-order valence-electron chi connectivity index (χ1n) is 7.95. The number of nitrogens with one attached hydrogen (secondary N) is 1. The summed E-state index contributed by atoms with van der Waals surface area (Å²) in [7, 11) is 0. The Kier molecular flexibility index (Phi) is 6.25. The third-order valence-corrected chi connectivity index (χ3v) is 4.22. The van der Waals surface area contributed by atoms with Crippen LogP contribution in [0.15, 0.2) is 24.3 Å². The highest BCUT2D eigenvalue weighted by atomic mass is 35.5. The van der Waals surface area contributed by atoms with Gasteiger partial charge in [0.2, 0.25) is 11.8 Å². The van der Waals surface area contributed by atoms with E-state index in [2.05, 4.69) is 12.2 Å². The number of nitrogens with zero attached hydrogens (tertiary/aromatic N) is 1. The van der Waals surface area contributed by atoms with E-state index >= 15 is 0 Å². The molecule has 0 aromatic heterocycles. The summed E-state index contributed by atoms with van der Waals surface area (Å²) in [5.74, 6) is -0.274. The molecule has 120 valence electrons. The molecule has 2 amide bonds. The van der Waals surface area contributed by atoms with Crippen LogP contribution in [0.5, 0.6) is 0 Å². The van der Waals surface area contributed by atoms with Crippen LogP contribution in [0.4, 0.5) is 5.69 Å². The quantitative estimate of drug-likeness (QED) is 0.782. The Morgan fingerprint density at radius 1 is 1.27 bits per heavy atom. The van der Waals surface area contributed by atoms with Gasteiger partial charge in [0.25, 0.3) is 0 Å². The van der Waals surface area contributed by atoms with E-state index in [1.54, 1.807) is 17.0 Å². The zero-order chi connectivity index (χ0) is 15.9. The fraction of sp³-hybridized carbons (Fsp3) is 0.529. The Labute approximate surface area is 136 Å². The van der Waals surface area contributed by atoms with Crippen molar-refractivity contribution in [2.45, 2.75) is 39.0 Å². The van der Waals surface area contributed by atoms with E-state index in [0.717, 1.165) is 18.5 Å². The van der Waals surface area contributed by atoms with Crippen LogP contribution in [0.2, 0.25) is 5.02 Å². The first-order chi connectivity index (χ1) is 10.6. The molecule has 1 heterocycles. The second-order valence-corrected chi connectivity index (χ2v) is 6.17. The van der Waals surface area contributed by atoms with Gasteiger partial charge in [-0.1, -0.05) is 37.8 Å². The molecule has 1 aromatic rings. The van der Waals surface area contributed by atoms with Gasteiger partial charge in [-0.15, -0.1) is 0 Å². The normalized spacial score (nSPS) is 17.8. The van der Waals surface area contributed by atoms with E-state index in [1.165, 1.54) is 12.8 Å². The van der Waals surface area contributed by atoms with Gasteiger partial charge in [0.05, 0.1) is 5.92 Å². The third-order valence-electron chi connectivity index (χ3n) is 3.96. The van der Waals surface area contributed by atoms with Crippen LogP contribution in [0.25, 0.3) is 0 Å².